The number of nitrogens with one attached hydrogen (secondary N) is 1. The lowest BCUT2D eigenvalue weighted by molar-refractivity contribution is 0.114. The van der Waals surface area contributed by atoms with Gasteiger partial charge in [-0.25, -0.2) is 0 Å². The molecule has 0 bridgehead atoms. The van der Waals surface area contributed by atoms with E-state index in [1.165, 1.54) is 11.3 Å². The van der Waals surface area contributed by atoms with Crippen LogP contribution >= 0.6 is 0 Å². The molecule has 5 nitrogen and oxygen atoms in total. The van der Waals surface area contributed by atoms with E-state index in [1.54, 1.807) is 7.11 Å². The van der Waals surface area contributed by atoms with Gasteiger partial charge in [-0.05, 0) is 46.5 Å². The van der Waals surface area contributed by atoms with Gasteiger partial charge in [0, 0.05) is 30.5 Å². The molecule has 0 saturated heterocycles. The lowest BCUT2D eigenvalue weighted by atomic mass is 9.92. The summed E-state index contributed by atoms with van der Waals surface area (Å²) < 4.78 is 7.18. The van der Waals surface area contributed by atoms with Crippen molar-refractivity contribution in [1.29, 1.82) is 0 Å². The normalized spacial score (nSPS) is 24.2. The van der Waals surface area contributed by atoms with E-state index in [0.29, 0.717) is 18.7 Å². The van der Waals surface area contributed by atoms with E-state index in [0.717, 1.165) is 37.9 Å². The molecular weight excluding hydrogens is 266 g/mol. The van der Waals surface area contributed by atoms with Crippen LogP contribution < -0.4 is 5.32 Å². The van der Waals surface area contributed by atoms with Crippen LogP contribution in [0.4, 0.5) is 0 Å². The SMILES string of the molecule is COCCn1nc(C)c(C(C)NC2CCC(O)CC2)c1C. The molecule has 1 heterocycles. The van der Waals surface area contributed by atoms with E-state index in [-0.39, 0.29) is 6.10 Å². The van der Waals surface area contributed by atoms with Crippen molar-refractivity contribution in [2.45, 2.75) is 71.2 Å². The molecule has 0 aliphatic heterocycles. The molecule has 1 saturated carbocycles. The minimum absolute atomic E-state index is 0.0985. The van der Waals surface area contributed by atoms with Crippen molar-refractivity contribution in [1.82, 2.24) is 15.1 Å². The van der Waals surface area contributed by atoms with Crippen LogP contribution in [0.3, 0.4) is 0 Å². The number of hydrogen-bond acceptors (Lipinski definition) is 4. The molecule has 2 rings (SSSR count). The lowest BCUT2D eigenvalue weighted by Crippen LogP contribution is -2.36. The lowest BCUT2D eigenvalue weighted by Gasteiger charge is -2.29. The third-order valence-corrected chi connectivity index (χ3v) is 4.56. The van der Waals surface area contributed by atoms with Crippen LogP contribution in [0.5, 0.6) is 0 Å². The summed E-state index contributed by atoms with van der Waals surface area (Å²) in [6.45, 7) is 7.90. The summed E-state index contributed by atoms with van der Waals surface area (Å²) in [6, 6.07) is 0.797. The quantitative estimate of drug-likeness (QED) is 0.844. The van der Waals surface area contributed by atoms with Crippen LogP contribution in [0.2, 0.25) is 0 Å². The smallest absolute Gasteiger partial charge is 0.0658 e. The van der Waals surface area contributed by atoms with Crippen LogP contribution in [0.1, 0.15) is 55.6 Å². The maximum absolute atomic E-state index is 9.60. The Morgan fingerprint density at radius 2 is 2.00 bits per heavy atom. The molecule has 0 radical (unpaired) electrons. The summed E-state index contributed by atoms with van der Waals surface area (Å²) in [7, 11) is 1.72. The highest BCUT2D eigenvalue weighted by atomic mass is 16.5. The van der Waals surface area contributed by atoms with Gasteiger partial charge in [-0.2, -0.15) is 5.10 Å². The van der Waals surface area contributed by atoms with Gasteiger partial charge in [0.25, 0.3) is 0 Å². The average Bonchev–Trinajstić information content (AvgIpc) is 2.73. The van der Waals surface area contributed by atoms with Gasteiger partial charge >= 0.3 is 0 Å². The summed E-state index contributed by atoms with van der Waals surface area (Å²) >= 11 is 0. The molecule has 21 heavy (non-hydrogen) atoms. The van der Waals surface area contributed by atoms with Gasteiger partial charge in [0.1, 0.15) is 0 Å². The second-order valence-corrected chi connectivity index (χ2v) is 6.19. The average molecular weight is 295 g/mol. The second-order valence-electron chi connectivity index (χ2n) is 6.19. The third kappa shape index (κ3) is 4.05. The highest BCUT2D eigenvalue weighted by Gasteiger charge is 2.23. The monoisotopic (exact) mass is 295 g/mol. The van der Waals surface area contributed by atoms with E-state index in [9.17, 15) is 5.11 Å². The Kier molecular flexibility index (Phi) is 5.79. The van der Waals surface area contributed by atoms with Gasteiger partial charge in [-0.3, -0.25) is 4.68 Å². The topological polar surface area (TPSA) is 59.3 Å². The Morgan fingerprint density at radius 1 is 1.33 bits per heavy atom. The minimum atomic E-state index is -0.0985. The van der Waals surface area contributed by atoms with Crippen LogP contribution in [0.15, 0.2) is 0 Å². The molecule has 1 atom stereocenters. The summed E-state index contributed by atoms with van der Waals surface area (Å²) in [5, 5.41) is 17.9. The third-order valence-electron chi connectivity index (χ3n) is 4.56. The predicted molar refractivity (Wildman–Crippen MR) is 83.4 cm³/mol. The van der Waals surface area contributed by atoms with E-state index in [2.05, 4.69) is 31.2 Å². The number of aryl methyl sites for hydroxylation is 1. The second kappa shape index (κ2) is 7.38. The van der Waals surface area contributed by atoms with Gasteiger partial charge < -0.3 is 15.2 Å². The van der Waals surface area contributed by atoms with E-state index in [4.69, 9.17) is 4.74 Å². The molecular formula is C16H29N3O2. The van der Waals surface area contributed by atoms with Crippen molar-refractivity contribution in [3.8, 4) is 0 Å². The fourth-order valence-electron chi connectivity index (χ4n) is 3.41. The van der Waals surface area contributed by atoms with E-state index in [1.807, 2.05) is 4.68 Å². The molecule has 2 N–H and O–H groups in total. The Morgan fingerprint density at radius 3 is 2.62 bits per heavy atom. The fourth-order valence-corrected chi connectivity index (χ4v) is 3.41. The molecule has 1 aromatic heterocycles. The number of methoxy groups -OCH3 is 1. The highest BCUT2D eigenvalue weighted by Crippen LogP contribution is 2.25. The van der Waals surface area contributed by atoms with Gasteiger partial charge in [0.2, 0.25) is 0 Å². The number of hydrogen-bond donors (Lipinski definition) is 2. The van der Waals surface area contributed by atoms with Crippen LogP contribution in [0.25, 0.3) is 0 Å². The highest BCUT2D eigenvalue weighted by molar-refractivity contribution is 5.28. The van der Waals surface area contributed by atoms with Crippen molar-refractivity contribution in [3.05, 3.63) is 17.0 Å². The Labute approximate surface area is 127 Å². The Hall–Kier alpha value is -0.910. The first-order valence-electron chi connectivity index (χ1n) is 7.99. The zero-order chi connectivity index (χ0) is 15.4. The number of aliphatic hydroxyl groups is 1. The van der Waals surface area contributed by atoms with Gasteiger partial charge in [-0.15, -0.1) is 0 Å². The van der Waals surface area contributed by atoms with E-state index < -0.39 is 0 Å². The molecule has 5 heteroatoms. The Balaban J connectivity index is 2.01. The van der Waals surface area contributed by atoms with Gasteiger partial charge in [0.15, 0.2) is 0 Å². The fraction of sp³-hybridized carbons (Fsp3) is 0.812. The largest absolute Gasteiger partial charge is 0.393 e. The standard InChI is InChI=1S/C16H29N3O2/c1-11(17-14-5-7-15(20)8-6-14)16-12(2)18-19(13(16)3)9-10-21-4/h11,14-15,17,20H,5-10H2,1-4H3. The zero-order valence-electron chi connectivity index (χ0n) is 13.7. The van der Waals surface area contributed by atoms with Crippen molar-refractivity contribution < 1.29 is 9.84 Å². The van der Waals surface area contributed by atoms with Crippen molar-refractivity contribution in [2.75, 3.05) is 13.7 Å². The molecule has 1 aromatic rings. The molecule has 1 aliphatic rings. The minimum Gasteiger partial charge on any atom is -0.393 e. The summed E-state index contributed by atoms with van der Waals surface area (Å²) in [4.78, 5) is 0. The first-order chi connectivity index (χ1) is 10.0. The predicted octanol–water partition coefficient (Wildman–Crippen LogP) is 2.10. The maximum atomic E-state index is 9.60. The molecule has 1 unspecified atom stereocenters. The first-order valence-corrected chi connectivity index (χ1v) is 7.99. The van der Waals surface area contributed by atoms with Crippen molar-refractivity contribution in [2.24, 2.45) is 0 Å². The van der Waals surface area contributed by atoms with Crippen molar-refractivity contribution >= 4 is 0 Å². The summed E-state index contributed by atoms with van der Waals surface area (Å²) in [5.41, 5.74) is 3.62. The van der Waals surface area contributed by atoms with E-state index >= 15 is 0 Å². The van der Waals surface area contributed by atoms with Crippen LogP contribution in [-0.4, -0.2) is 40.7 Å². The maximum Gasteiger partial charge on any atom is 0.0658 e. The van der Waals surface area contributed by atoms with Crippen molar-refractivity contribution in [3.63, 3.8) is 0 Å². The molecule has 0 spiro atoms. The molecule has 1 aliphatic carbocycles. The van der Waals surface area contributed by atoms with Crippen LogP contribution in [-0.2, 0) is 11.3 Å². The number of rotatable bonds is 6. The molecule has 1 fully saturated rings. The van der Waals surface area contributed by atoms with Gasteiger partial charge in [-0.1, -0.05) is 0 Å². The number of aromatic nitrogens is 2. The summed E-state index contributed by atoms with van der Waals surface area (Å²) in [5.74, 6) is 0. The summed E-state index contributed by atoms with van der Waals surface area (Å²) in [6.07, 6.45) is 3.84. The molecule has 0 aromatic carbocycles. The van der Waals surface area contributed by atoms with Crippen LogP contribution in [0, 0.1) is 13.8 Å². The first kappa shape index (κ1) is 16.5. The molecule has 0 amide bonds. The molecule has 120 valence electrons. The van der Waals surface area contributed by atoms with Gasteiger partial charge in [0.05, 0.1) is 24.9 Å². The number of nitrogens with zero attached hydrogens (tertiary/aromatic N) is 2. The Bertz CT molecular complexity index is 451. The zero-order valence-corrected chi connectivity index (χ0v) is 13.7. The number of ether oxygens (including phenoxy) is 1. The number of aliphatic hydroxyl groups excluding tert-OH is 1.